The number of benzene rings is 1. The van der Waals surface area contributed by atoms with E-state index in [0.717, 1.165) is 36.1 Å². The van der Waals surface area contributed by atoms with Crippen LogP contribution in [-0.2, 0) is 6.54 Å². The highest BCUT2D eigenvalue weighted by molar-refractivity contribution is 6.30. The van der Waals surface area contributed by atoms with Gasteiger partial charge in [-0.25, -0.2) is 4.98 Å². The second kappa shape index (κ2) is 5.91. The summed E-state index contributed by atoms with van der Waals surface area (Å²) in [6.45, 7) is 9.49. The number of hydrogen-bond acceptors (Lipinski definition) is 3. The van der Waals surface area contributed by atoms with E-state index in [-0.39, 0.29) is 0 Å². The first-order valence-corrected chi connectivity index (χ1v) is 7.94. The predicted octanol–water partition coefficient (Wildman–Crippen LogP) is 3.38. The molecule has 0 aliphatic carbocycles. The van der Waals surface area contributed by atoms with Crippen molar-refractivity contribution >= 4 is 22.5 Å². The lowest BCUT2D eigenvalue weighted by Crippen LogP contribution is -2.53. The van der Waals surface area contributed by atoms with Gasteiger partial charge in [-0.15, -0.1) is 0 Å². The van der Waals surface area contributed by atoms with Crippen molar-refractivity contribution in [1.29, 1.82) is 0 Å². The summed E-state index contributed by atoms with van der Waals surface area (Å²) < 4.78 is 0. The van der Waals surface area contributed by atoms with E-state index in [1.165, 1.54) is 5.56 Å². The van der Waals surface area contributed by atoms with Gasteiger partial charge in [-0.05, 0) is 38.5 Å². The first kappa shape index (κ1) is 14.8. The molecule has 4 heteroatoms. The molecule has 1 aliphatic heterocycles. The normalized spacial score (nSPS) is 23.6. The van der Waals surface area contributed by atoms with Crippen LogP contribution in [0, 0.1) is 6.92 Å². The monoisotopic (exact) mass is 303 g/mol. The molecule has 1 aromatic carbocycles. The zero-order valence-electron chi connectivity index (χ0n) is 12.9. The third-order valence-corrected chi connectivity index (χ3v) is 4.59. The molecule has 1 aliphatic rings. The first-order chi connectivity index (χ1) is 10.0. The maximum atomic E-state index is 6.41. The Balaban J connectivity index is 1.89. The van der Waals surface area contributed by atoms with E-state index < -0.39 is 0 Å². The predicted molar refractivity (Wildman–Crippen MR) is 88.8 cm³/mol. The molecule has 0 saturated carbocycles. The molecule has 1 saturated heterocycles. The summed E-state index contributed by atoms with van der Waals surface area (Å²) >= 11 is 6.41. The van der Waals surface area contributed by atoms with Gasteiger partial charge in [0.05, 0.1) is 5.52 Å². The van der Waals surface area contributed by atoms with Gasteiger partial charge in [0.25, 0.3) is 0 Å². The summed E-state index contributed by atoms with van der Waals surface area (Å²) in [4.78, 5) is 7.05. The number of fused-ring (bicyclic) bond motifs is 1. The van der Waals surface area contributed by atoms with Crippen LogP contribution in [0.2, 0.25) is 5.15 Å². The van der Waals surface area contributed by atoms with E-state index in [0.29, 0.717) is 17.2 Å². The molecule has 2 atom stereocenters. The fraction of sp³-hybridized carbons (Fsp3) is 0.471. The van der Waals surface area contributed by atoms with Crippen LogP contribution in [0.15, 0.2) is 24.3 Å². The summed E-state index contributed by atoms with van der Waals surface area (Å²) in [5, 5.41) is 5.30. The van der Waals surface area contributed by atoms with E-state index in [9.17, 15) is 0 Å². The van der Waals surface area contributed by atoms with Crippen LogP contribution < -0.4 is 5.32 Å². The van der Waals surface area contributed by atoms with Gasteiger partial charge in [-0.2, -0.15) is 0 Å². The van der Waals surface area contributed by atoms with Crippen LogP contribution in [0.25, 0.3) is 10.9 Å². The summed E-state index contributed by atoms with van der Waals surface area (Å²) in [6.07, 6.45) is 0. The highest BCUT2D eigenvalue weighted by Crippen LogP contribution is 2.24. The Morgan fingerprint density at radius 3 is 2.95 bits per heavy atom. The summed E-state index contributed by atoms with van der Waals surface area (Å²) in [7, 11) is 0. The van der Waals surface area contributed by atoms with E-state index in [2.05, 4.69) is 60.2 Å². The topological polar surface area (TPSA) is 28.2 Å². The fourth-order valence-corrected chi connectivity index (χ4v) is 3.15. The van der Waals surface area contributed by atoms with Gasteiger partial charge < -0.3 is 5.32 Å². The molecule has 3 nitrogen and oxygen atoms in total. The molecule has 0 amide bonds. The van der Waals surface area contributed by atoms with Gasteiger partial charge in [-0.3, -0.25) is 4.90 Å². The summed E-state index contributed by atoms with van der Waals surface area (Å²) in [5.41, 5.74) is 3.31. The first-order valence-electron chi connectivity index (χ1n) is 7.56. The zero-order chi connectivity index (χ0) is 15.0. The number of aromatic nitrogens is 1. The van der Waals surface area contributed by atoms with Crippen LogP contribution in [0.5, 0.6) is 0 Å². The van der Waals surface area contributed by atoms with Crippen molar-refractivity contribution in [2.75, 3.05) is 13.1 Å². The van der Waals surface area contributed by atoms with E-state index >= 15 is 0 Å². The van der Waals surface area contributed by atoms with Gasteiger partial charge >= 0.3 is 0 Å². The lowest BCUT2D eigenvalue weighted by atomic mass is 10.1. The quantitative estimate of drug-likeness (QED) is 0.862. The summed E-state index contributed by atoms with van der Waals surface area (Å²) in [5.74, 6) is 0. The summed E-state index contributed by atoms with van der Waals surface area (Å²) in [6, 6.07) is 9.56. The molecular weight excluding hydrogens is 282 g/mol. The Hall–Kier alpha value is -1.16. The third-order valence-electron chi connectivity index (χ3n) is 4.27. The molecule has 0 radical (unpaired) electrons. The average Bonchev–Trinajstić information content (AvgIpc) is 2.44. The Labute approximate surface area is 131 Å². The third kappa shape index (κ3) is 3.20. The SMILES string of the molecule is Cc1ccc2cc(CN3CC(C)NCC3C)c(Cl)nc2c1. The van der Waals surface area contributed by atoms with Crippen molar-refractivity contribution in [2.45, 2.75) is 39.4 Å². The Morgan fingerprint density at radius 1 is 1.33 bits per heavy atom. The smallest absolute Gasteiger partial charge is 0.134 e. The average molecular weight is 304 g/mol. The van der Waals surface area contributed by atoms with Crippen molar-refractivity contribution in [1.82, 2.24) is 15.2 Å². The van der Waals surface area contributed by atoms with Crippen LogP contribution in [0.4, 0.5) is 0 Å². The number of hydrogen-bond donors (Lipinski definition) is 1. The van der Waals surface area contributed by atoms with E-state index in [1.54, 1.807) is 0 Å². The Morgan fingerprint density at radius 2 is 2.14 bits per heavy atom. The second-order valence-electron chi connectivity index (χ2n) is 6.22. The molecule has 2 unspecified atom stereocenters. The molecule has 1 aromatic heterocycles. The van der Waals surface area contributed by atoms with Crippen LogP contribution >= 0.6 is 11.6 Å². The number of rotatable bonds is 2. The van der Waals surface area contributed by atoms with Gasteiger partial charge in [-0.1, -0.05) is 23.7 Å². The van der Waals surface area contributed by atoms with E-state index in [1.807, 2.05) is 0 Å². The molecule has 3 rings (SSSR count). The number of nitrogens with zero attached hydrogens (tertiary/aromatic N) is 2. The number of pyridine rings is 1. The standard InChI is InChI=1S/C17H22ClN3/c1-11-4-5-14-7-15(17(18)20-16(14)6-11)10-21-9-12(2)19-8-13(21)3/h4-7,12-13,19H,8-10H2,1-3H3. The number of piperazine rings is 1. The van der Waals surface area contributed by atoms with Crippen molar-refractivity contribution in [3.05, 3.63) is 40.5 Å². The minimum atomic E-state index is 0.519. The molecule has 1 N–H and O–H groups in total. The number of nitrogens with one attached hydrogen (secondary N) is 1. The molecular formula is C17H22ClN3. The molecule has 0 spiro atoms. The van der Waals surface area contributed by atoms with Gasteiger partial charge in [0.2, 0.25) is 0 Å². The van der Waals surface area contributed by atoms with Crippen molar-refractivity contribution in [3.63, 3.8) is 0 Å². The maximum absolute atomic E-state index is 6.41. The van der Waals surface area contributed by atoms with Gasteiger partial charge in [0, 0.05) is 42.7 Å². The number of halogens is 1. The van der Waals surface area contributed by atoms with E-state index in [4.69, 9.17) is 11.6 Å². The van der Waals surface area contributed by atoms with Crippen LogP contribution in [-0.4, -0.2) is 35.1 Å². The number of aryl methyl sites for hydroxylation is 1. The Kier molecular flexibility index (Phi) is 4.16. The zero-order valence-corrected chi connectivity index (χ0v) is 13.6. The molecule has 2 heterocycles. The molecule has 112 valence electrons. The maximum Gasteiger partial charge on any atom is 0.134 e. The highest BCUT2D eigenvalue weighted by atomic mass is 35.5. The lowest BCUT2D eigenvalue weighted by molar-refractivity contribution is 0.139. The minimum Gasteiger partial charge on any atom is -0.311 e. The Bertz CT molecular complexity index is 656. The fourth-order valence-electron chi connectivity index (χ4n) is 2.94. The largest absolute Gasteiger partial charge is 0.311 e. The highest BCUT2D eigenvalue weighted by Gasteiger charge is 2.23. The molecule has 21 heavy (non-hydrogen) atoms. The lowest BCUT2D eigenvalue weighted by Gasteiger charge is -2.37. The van der Waals surface area contributed by atoms with Gasteiger partial charge in [0.15, 0.2) is 0 Å². The molecule has 0 bridgehead atoms. The van der Waals surface area contributed by atoms with Crippen molar-refractivity contribution in [2.24, 2.45) is 0 Å². The second-order valence-corrected chi connectivity index (χ2v) is 6.58. The van der Waals surface area contributed by atoms with Crippen molar-refractivity contribution in [3.8, 4) is 0 Å². The van der Waals surface area contributed by atoms with Crippen molar-refractivity contribution < 1.29 is 0 Å². The molecule has 1 fully saturated rings. The van der Waals surface area contributed by atoms with Gasteiger partial charge in [0.1, 0.15) is 5.15 Å². The van der Waals surface area contributed by atoms with Crippen LogP contribution in [0.3, 0.4) is 0 Å². The molecule has 2 aromatic rings. The van der Waals surface area contributed by atoms with Crippen LogP contribution in [0.1, 0.15) is 25.0 Å². The minimum absolute atomic E-state index is 0.519.